The largest absolute Gasteiger partial charge is 0.276 e. The van der Waals surface area contributed by atoms with Crippen molar-refractivity contribution in [2.45, 2.75) is 32.6 Å². The van der Waals surface area contributed by atoms with E-state index in [9.17, 15) is 8.42 Å². The summed E-state index contributed by atoms with van der Waals surface area (Å²) in [6, 6.07) is 6.61. The van der Waals surface area contributed by atoms with Crippen molar-refractivity contribution in [3.8, 4) is 0 Å². The Morgan fingerprint density at radius 3 is 2.22 bits per heavy atom. The minimum Gasteiger partial charge on any atom is -0.200 e. The van der Waals surface area contributed by atoms with Crippen molar-refractivity contribution >= 4 is 16.2 Å². The monoisotopic (exact) mass is 266 g/mol. The van der Waals surface area contributed by atoms with Crippen LogP contribution in [0.3, 0.4) is 0 Å². The Kier molecular flexibility index (Phi) is 4.67. The highest BCUT2D eigenvalue weighted by atomic mass is 32.2. The lowest BCUT2D eigenvalue weighted by molar-refractivity contribution is 0.584. The Balaban J connectivity index is 2.84. The van der Waals surface area contributed by atoms with Crippen LogP contribution in [0.2, 0.25) is 0 Å². The minimum atomic E-state index is -3.57. The van der Waals surface area contributed by atoms with Crippen LogP contribution in [0.25, 0.3) is 0 Å². The molecule has 1 rings (SSSR count). The van der Waals surface area contributed by atoms with E-state index < -0.39 is 10.0 Å². The van der Waals surface area contributed by atoms with Crippen molar-refractivity contribution in [3.63, 3.8) is 0 Å². The molecule has 0 bridgehead atoms. The van der Waals surface area contributed by atoms with Crippen LogP contribution in [0.5, 0.6) is 0 Å². The Bertz CT molecular complexity index is 566. The van der Waals surface area contributed by atoms with Gasteiger partial charge in [-0.15, -0.1) is 0 Å². The van der Waals surface area contributed by atoms with Crippen molar-refractivity contribution in [2.75, 3.05) is 0 Å². The molecule has 0 heterocycles. The quantitative estimate of drug-likeness (QED) is 0.672. The third kappa shape index (κ3) is 4.00. The second kappa shape index (κ2) is 5.82. The van der Waals surface area contributed by atoms with E-state index in [1.165, 1.54) is 6.21 Å². The average molecular weight is 266 g/mol. The first kappa shape index (κ1) is 14.4. The van der Waals surface area contributed by atoms with Gasteiger partial charge >= 0.3 is 0 Å². The molecule has 18 heavy (non-hydrogen) atoms. The molecule has 0 spiro atoms. The highest BCUT2D eigenvalue weighted by Crippen LogP contribution is 2.09. The first-order valence-corrected chi connectivity index (χ1v) is 7.07. The molecule has 0 aliphatic rings. The van der Waals surface area contributed by atoms with E-state index in [1.807, 2.05) is 27.7 Å². The topological polar surface area (TPSA) is 58.5 Å². The Morgan fingerprint density at radius 1 is 1.17 bits per heavy atom. The zero-order valence-corrected chi connectivity index (χ0v) is 11.9. The summed E-state index contributed by atoms with van der Waals surface area (Å²) in [5.41, 5.74) is 3.03. The SMILES string of the molecule is CC(C)=C(C)/C=N/NS(=O)(=O)c1ccc(C)cc1. The van der Waals surface area contributed by atoms with Gasteiger partial charge in [-0.25, -0.2) is 4.83 Å². The third-order valence-corrected chi connectivity index (χ3v) is 3.79. The number of hydrazone groups is 1. The normalized spacial score (nSPS) is 11.6. The molecule has 0 unspecified atom stereocenters. The predicted molar refractivity (Wildman–Crippen MR) is 74.0 cm³/mol. The van der Waals surface area contributed by atoms with Crippen molar-refractivity contribution in [1.82, 2.24) is 4.83 Å². The van der Waals surface area contributed by atoms with Crippen LogP contribution in [0.1, 0.15) is 26.3 Å². The van der Waals surface area contributed by atoms with E-state index in [0.717, 1.165) is 16.7 Å². The fourth-order valence-corrected chi connectivity index (χ4v) is 1.88. The second-order valence-corrected chi connectivity index (χ2v) is 6.01. The Morgan fingerprint density at radius 2 is 1.72 bits per heavy atom. The van der Waals surface area contributed by atoms with Gasteiger partial charge in [0.15, 0.2) is 0 Å². The van der Waals surface area contributed by atoms with Gasteiger partial charge in [0, 0.05) is 0 Å². The van der Waals surface area contributed by atoms with Gasteiger partial charge in [0.25, 0.3) is 10.0 Å². The first-order chi connectivity index (χ1) is 8.33. The number of benzene rings is 1. The van der Waals surface area contributed by atoms with Crippen molar-refractivity contribution in [1.29, 1.82) is 0 Å². The van der Waals surface area contributed by atoms with Crippen LogP contribution < -0.4 is 4.83 Å². The molecule has 0 radical (unpaired) electrons. The van der Waals surface area contributed by atoms with Gasteiger partial charge in [0.2, 0.25) is 0 Å². The number of rotatable bonds is 4. The molecule has 0 atom stereocenters. The van der Waals surface area contributed by atoms with Crippen LogP contribution in [0.15, 0.2) is 45.4 Å². The van der Waals surface area contributed by atoms with Gasteiger partial charge in [0.05, 0.1) is 11.1 Å². The average Bonchev–Trinajstić information content (AvgIpc) is 2.29. The number of hydrogen-bond acceptors (Lipinski definition) is 3. The maximum Gasteiger partial charge on any atom is 0.276 e. The number of aryl methyl sites for hydroxylation is 1. The number of sulfonamides is 1. The molecule has 0 aliphatic carbocycles. The summed E-state index contributed by atoms with van der Waals surface area (Å²) in [7, 11) is -3.57. The number of nitrogens with one attached hydrogen (secondary N) is 1. The van der Waals surface area contributed by atoms with Crippen LogP contribution >= 0.6 is 0 Å². The van der Waals surface area contributed by atoms with Crippen LogP contribution in [0.4, 0.5) is 0 Å². The van der Waals surface area contributed by atoms with Gasteiger partial charge in [-0.1, -0.05) is 23.3 Å². The van der Waals surface area contributed by atoms with E-state index >= 15 is 0 Å². The molecular weight excluding hydrogens is 248 g/mol. The fraction of sp³-hybridized carbons (Fsp3) is 0.308. The molecule has 0 fully saturated rings. The van der Waals surface area contributed by atoms with Crippen LogP contribution in [-0.4, -0.2) is 14.6 Å². The molecule has 0 aliphatic heterocycles. The van der Waals surface area contributed by atoms with E-state index in [1.54, 1.807) is 24.3 Å². The van der Waals surface area contributed by atoms with Gasteiger partial charge in [-0.05, 0) is 45.4 Å². The summed E-state index contributed by atoms with van der Waals surface area (Å²) < 4.78 is 23.7. The maximum absolute atomic E-state index is 11.9. The van der Waals surface area contributed by atoms with E-state index in [-0.39, 0.29) is 4.90 Å². The molecule has 0 amide bonds. The molecule has 0 aromatic heterocycles. The lowest BCUT2D eigenvalue weighted by Crippen LogP contribution is -2.18. The van der Waals surface area contributed by atoms with Crippen LogP contribution in [0, 0.1) is 6.92 Å². The molecule has 98 valence electrons. The van der Waals surface area contributed by atoms with E-state index in [2.05, 4.69) is 9.93 Å². The Labute approximate surface area is 108 Å². The summed E-state index contributed by atoms with van der Waals surface area (Å²) in [4.78, 5) is 2.40. The molecule has 4 nitrogen and oxygen atoms in total. The smallest absolute Gasteiger partial charge is 0.200 e. The van der Waals surface area contributed by atoms with E-state index in [4.69, 9.17) is 0 Å². The maximum atomic E-state index is 11.9. The van der Waals surface area contributed by atoms with Gasteiger partial charge < -0.3 is 0 Å². The van der Waals surface area contributed by atoms with Crippen molar-refractivity contribution in [3.05, 3.63) is 41.0 Å². The molecule has 5 heteroatoms. The number of nitrogens with zero attached hydrogens (tertiary/aromatic N) is 1. The summed E-state index contributed by atoms with van der Waals surface area (Å²) in [6.07, 6.45) is 1.50. The summed E-state index contributed by atoms with van der Waals surface area (Å²) >= 11 is 0. The summed E-state index contributed by atoms with van der Waals surface area (Å²) in [6.45, 7) is 7.66. The molecule has 0 saturated carbocycles. The highest BCUT2D eigenvalue weighted by molar-refractivity contribution is 7.89. The zero-order chi connectivity index (χ0) is 13.8. The minimum absolute atomic E-state index is 0.208. The lowest BCUT2D eigenvalue weighted by Gasteiger charge is -2.03. The predicted octanol–water partition coefficient (Wildman–Crippen LogP) is 2.62. The lowest BCUT2D eigenvalue weighted by atomic mass is 10.2. The number of hydrogen-bond donors (Lipinski definition) is 1. The highest BCUT2D eigenvalue weighted by Gasteiger charge is 2.11. The molecule has 1 aromatic rings. The second-order valence-electron chi connectivity index (χ2n) is 4.35. The van der Waals surface area contributed by atoms with Crippen molar-refractivity contribution < 1.29 is 8.42 Å². The van der Waals surface area contributed by atoms with Crippen molar-refractivity contribution in [2.24, 2.45) is 5.10 Å². The Hall–Kier alpha value is -1.62. The number of allylic oxidation sites excluding steroid dienone is 2. The summed E-state index contributed by atoms with van der Waals surface area (Å²) in [5.74, 6) is 0. The third-order valence-electron chi connectivity index (χ3n) is 2.55. The molecule has 1 N–H and O–H groups in total. The first-order valence-electron chi connectivity index (χ1n) is 5.58. The van der Waals surface area contributed by atoms with Gasteiger partial charge in [-0.2, -0.15) is 13.5 Å². The molecular formula is C13H18N2O2S. The van der Waals surface area contributed by atoms with Gasteiger partial charge in [0.1, 0.15) is 0 Å². The van der Waals surface area contributed by atoms with Crippen LogP contribution in [-0.2, 0) is 10.0 Å². The van der Waals surface area contributed by atoms with Gasteiger partial charge in [-0.3, -0.25) is 0 Å². The zero-order valence-electron chi connectivity index (χ0n) is 11.1. The van der Waals surface area contributed by atoms with E-state index in [0.29, 0.717) is 0 Å². The fourth-order valence-electron chi connectivity index (χ4n) is 1.09. The molecule has 1 aromatic carbocycles. The summed E-state index contributed by atoms with van der Waals surface area (Å²) in [5, 5.41) is 3.74. The molecule has 0 saturated heterocycles. The standard InChI is InChI=1S/C13H18N2O2S/c1-10(2)12(4)9-14-15-18(16,17)13-7-5-11(3)6-8-13/h5-9,15H,1-4H3/b14-9+.